The number of nitrogen functional groups attached to an aromatic ring is 1. The summed E-state index contributed by atoms with van der Waals surface area (Å²) in [5.74, 6) is 0.724. The molecule has 0 aliphatic carbocycles. The fraction of sp³-hybridized carbons (Fsp3) is 0.571. The number of anilines is 2. The highest BCUT2D eigenvalue weighted by Gasteiger charge is 2.11. The molecule has 3 N–H and O–H groups in total. The van der Waals surface area contributed by atoms with Gasteiger partial charge in [-0.15, -0.1) is 0 Å². The summed E-state index contributed by atoms with van der Waals surface area (Å²) in [6.07, 6.45) is 1.09. The molecule has 0 saturated carbocycles. The fourth-order valence-corrected chi connectivity index (χ4v) is 1.71. The zero-order chi connectivity index (χ0) is 13.5. The largest absolute Gasteiger partial charge is 0.489 e. The van der Waals surface area contributed by atoms with Crippen molar-refractivity contribution in [3.05, 3.63) is 18.2 Å². The van der Waals surface area contributed by atoms with Crippen LogP contribution in [0.5, 0.6) is 5.75 Å². The highest BCUT2D eigenvalue weighted by atomic mass is 16.5. The Morgan fingerprint density at radius 2 is 2.06 bits per heavy atom. The zero-order valence-corrected chi connectivity index (χ0v) is 11.7. The number of hydrogen-bond acceptors (Lipinski definition) is 4. The summed E-state index contributed by atoms with van der Waals surface area (Å²) in [6, 6.07) is 6.04. The van der Waals surface area contributed by atoms with Gasteiger partial charge in [0.2, 0.25) is 0 Å². The van der Waals surface area contributed by atoms with Crippen LogP contribution in [0.4, 0.5) is 11.4 Å². The third-order valence-corrected chi connectivity index (χ3v) is 2.65. The van der Waals surface area contributed by atoms with Crippen LogP contribution >= 0.6 is 0 Å². The van der Waals surface area contributed by atoms with E-state index in [0.717, 1.165) is 17.9 Å². The molecule has 0 amide bonds. The first-order valence-electron chi connectivity index (χ1n) is 6.39. The standard InChI is InChI=1S/C14H24N2O2/c1-5-11(9-17-4)16-12-7-6-8-13(14(12)15)18-10(2)3/h6-8,10-11,16H,5,9,15H2,1-4H3. The molecule has 0 heterocycles. The van der Waals surface area contributed by atoms with Crippen molar-refractivity contribution in [1.29, 1.82) is 0 Å². The molecule has 0 fully saturated rings. The van der Waals surface area contributed by atoms with Gasteiger partial charge >= 0.3 is 0 Å². The predicted octanol–water partition coefficient (Wildman–Crippen LogP) is 2.89. The molecule has 18 heavy (non-hydrogen) atoms. The van der Waals surface area contributed by atoms with Crippen molar-refractivity contribution < 1.29 is 9.47 Å². The third-order valence-electron chi connectivity index (χ3n) is 2.65. The molecule has 1 aromatic carbocycles. The van der Waals surface area contributed by atoms with Crippen LogP contribution in [0.1, 0.15) is 27.2 Å². The molecule has 0 spiro atoms. The second-order valence-electron chi connectivity index (χ2n) is 4.59. The van der Waals surface area contributed by atoms with Crippen molar-refractivity contribution in [3.63, 3.8) is 0 Å². The second kappa shape index (κ2) is 7.11. The molecule has 1 aromatic rings. The number of nitrogens with two attached hydrogens (primary N) is 1. The Balaban J connectivity index is 2.82. The first kappa shape index (κ1) is 14.6. The number of nitrogens with one attached hydrogen (secondary N) is 1. The third kappa shape index (κ3) is 4.11. The molecular formula is C14H24N2O2. The van der Waals surface area contributed by atoms with Crippen LogP contribution < -0.4 is 15.8 Å². The van der Waals surface area contributed by atoms with Gasteiger partial charge < -0.3 is 20.5 Å². The molecule has 0 bridgehead atoms. The van der Waals surface area contributed by atoms with Crippen LogP contribution in [0.25, 0.3) is 0 Å². The summed E-state index contributed by atoms with van der Waals surface area (Å²) in [4.78, 5) is 0. The Morgan fingerprint density at radius 3 is 2.61 bits per heavy atom. The summed E-state index contributed by atoms with van der Waals surface area (Å²) < 4.78 is 10.8. The van der Waals surface area contributed by atoms with E-state index in [4.69, 9.17) is 15.2 Å². The maximum absolute atomic E-state index is 6.10. The van der Waals surface area contributed by atoms with Crippen molar-refractivity contribution in [1.82, 2.24) is 0 Å². The van der Waals surface area contributed by atoms with E-state index in [-0.39, 0.29) is 12.1 Å². The highest BCUT2D eigenvalue weighted by Crippen LogP contribution is 2.30. The van der Waals surface area contributed by atoms with Crippen molar-refractivity contribution in [2.24, 2.45) is 0 Å². The Kier molecular flexibility index (Phi) is 5.78. The quantitative estimate of drug-likeness (QED) is 0.733. The molecule has 102 valence electrons. The van der Waals surface area contributed by atoms with E-state index in [1.54, 1.807) is 7.11 Å². The molecule has 1 unspecified atom stereocenters. The van der Waals surface area contributed by atoms with E-state index >= 15 is 0 Å². The molecule has 4 heteroatoms. The van der Waals surface area contributed by atoms with Crippen LogP contribution in [-0.2, 0) is 4.74 Å². The normalized spacial score (nSPS) is 12.5. The van der Waals surface area contributed by atoms with Gasteiger partial charge in [-0.05, 0) is 32.4 Å². The summed E-state index contributed by atoms with van der Waals surface area (Å²) in [5.41, 5.74) is 7.66. The number of rotatable bonds is 7. The van der Waals surface area contributed by atoms with Crippen LogP contribution in [-0.4, -0.2) is 25.9 Å². The summed E-state index contributed by atoms with van der Waals surface area (Å²) >= 11 is 0. The SMILES string of the molecule is CCC(COC)Nc1cccc(OC(C)C)c1N. The zero-order valence-electron chi connectivity index (χ0n) is 11.7. The Morgan fingerprint density at radius 1 is 1.33 bits per heavy atom. The lowest BCUT2D eigenvalue weighted by molar-refractivity contribution is 0.184. The Labute approximate surface area is 109 Å². The minimum atomic E-state index is 0.114. The molecule has 1 rings (SSSR count). The van der Waals surface area contributed by atoms with Gasteiger partial charge in [0.15, 0.2) is 0 Å². The monoisotopic (exact) mass is 252 g/mol. The fourth-order valence-electron chi connectivity index (χ4n) is 1.71. The van der Waals surface area contributed by atoms with Crippen LogP contribution in [0.2, 0.25) is 0 Å². The first-order valence-corrected chi connectivity index (χ1v) is 6.39. The average Bonchev–Trinajstić information content (AvgIpc) is 2.32. The summed E-state index contributed by atoms with van der Waals surface area (Å²) in [7, 11) is 1.70. The van der Waals surface area contributed by atoms with Crippen LogP contribution in [0.15, 0.2) is 18.2 Å². The van der Waals surface area contributed by atoms with Gasteiger partial charge in [0.25, 0.3) is 0 Å². The summed E-state index contributed by atoms with van der Waals surface area (Å²) in [6.45, 7) is 6.74. The molecule has 0 aliphatic rings. The van der Waals surface area contributed by atoms with E-state index in [1.807, 2.05) is 32.0 Å². The molecule has 0 aliphatic heterocycles. The van der Waals surface area contributed by atoms with Gasteiger partial charge in [-0.3, -0.25) is 0 Å². The van der Waals surface area contributed by atoms with E-state index < -0.39 is 0 Å². The predicted molar refractivity (Wildman–Crippen MR) is 76.2 cm³/mol. The molecule has 4 nitrogen and oxygen atoms in total. The van der Waals surface area contributed by atoms with E-state index in [9.17, 15) is 0 Å². The van der Waals surface area contributed by atoms with Gasteiger partial charge in [-0.25, -0.2) is 0 Å². The molecular weight excluding hydrogens is 228 g/mol. The van der Waals surface area contributed by atoms with Gasteiger partial charge in [-0.1, -0.05) is 13.0 Å². The maximum Gasteiger partial charge on any atom is 0.144 e. The van der Waals surface area contributed by atoms with Crippen LogP contribution in [0, 0.1) is 0 Å². The van der Waals surface area contributed by atoms with Gasteiger partial charge in [-0.2, -0.15) is 0 Å². The molecule has 1 atom stereocenters. The van der Waals surface area contributed by atoms with Crippen LogP contribution in [0.3, 0.4) is 0 Å². The lowest BCUT2D eigenvalue weighted by Gasteiger charge is -2.20. The lowest BCUT2D eigenvalue weighted by atomic mass is 10.2. The van der Waals surface area contributed by atoms with Crippen molar-refractivity contribution in [2.75, 3.05) is 24.8 Å². The number of para-hydroxylation sites is 1. The maximum atomic E-state index is 6.10. The number of benzene rings is 1. The van der Waals surface area contributed by atoms with E-state index in [2.05, 4.69) is 12.2 Å². The molecule has 0 radical (unpaired) electrons. The minimum Gasteiger partial charge on any atom is -0.489 e. The topological polar surface area (TPSA) is 56.5 Å². The summed E-state index contributed by atoms with van der Waals surface area (Å²) in [5, 5.41) is 3.38. The Hall–Kier alpha value is -1.42. The van der Waals surface area contributed by atoms with Gasteiger partial charge in [0.1, 0.15) is 5.75 Å². The smallest absolute Gasteiger partial charge is 0.144 e. The first-order chi connectivity index (χ1) is 8.58. The van der Waals surface area contributed by atoms with Crippen molar-refractivity contribution in [2.45, 2.75) is 39.3 Å². The number of methoxy groups -OCH3 is 1. The number of ether oxygens (including phenoxy) is 2. The minimum absolute atomic E-state index is 0.114. The number of hydrogen-bond donors (Lipinski definition) is 2. The average molecular weight is 252 g/mol. The molecule has 0 saturated heterocycles. The Bertz CT molecular complexity index is 367. The van der Waals surface area contributed by atoms with Gasteiger partial charge in [0.05, 0.1) is 24.1 Å². The van der Waals surface area contributed by atoms with E-state index in [0.29, 0.717) is 12.3 Å². The lowest BCUT2D eigenvalue weighted by Crippen LogP contribution is -2.24. The van der Waals surface area contributed by atoms with E-state index in [1.165, 1.54) is 0 Å². The van der Waals surface area contributed by atoms with Crippen molar-refractivity contribution >= 4 is 11.4 Å². The van der Waals surface area contributed by atoms with Crippen molar-refractivity contribution in [3.8, 4) is 5.75 Å². The molecule has 0 aromatic heterocycles. The highest BCUT2D eigenvalue weighted by molar-refractivity contribution is 5.73. The van der Waals surface area contributed by atoms with Gasteiger partial charge in [0, 0.05) is 13.2 Å². The second-order valence-corrected chi connectivity index (χ2v) is 4.59.